The molecule has 3 aromatic rings. The second-order valence-corrected chi connectivity index (χ2v) is 5.43. The molecule has 0 fully saturated rings. The largest absolute Gasteiger partial charge is 0.398 e. The molecule has 7 heteroatoms. The molecule has 0 aliphatic carbocycles. The lowest BCUT2D eigenvalue weighted by Gasteiger charge is -2.09. The number of aromatic nitrogens is 4. The van der Waals surface area contributed by atoms with Gasteiger partial charge in [0.05, 0.1) is 16.4 Å². The van der Waals surface area contributed by atoms with Gasteiger partial charge < -0.3 is 5.73 Å². The Labute approximate surface area is 131 Å². The lowest BCUT2D eigenvalue weighted by atomic mass is 10.1. The first-order valence-electron chi connectivity index (χ1n) is 6.16. The van der Waals surface area contributed by atoms with Gasteiger partial charge in [0.15, 0.2) is 5.82 Å². The number of aryl methyl sites for hydroxylation is 1. The third-order valence-electron chi connectivity index (χ3n) is 3.12. The number of nitrogens with zero attached hydrogens (tertiary/aromatic N) is 4. The van der Waals surface area contributed by atoms with Crippen LogP contribution in [0.4, 0.5) is 5.69 Å². The van der Waals surface area contributed by atoms with Gasteiger partial charge in [-0.25, -0.2) is 0 Å². The smallest absolute Gasteiger partial charge is 0.187 e. The number of hydrogen-bond acceptors (Lipinski definition) is 4. The van der Waals surface area contributed by atoms with E-state index in [0.717, 1.165) is 16.8 Å². The molecule has 3 rings (SSSR count). The summed E-state index contributed by atoms with van der Waals surface area (Å²) in [6, 6.07) is 10.8. The Morgan fingerprint density at radius 2 is 1.90 bits per heavy atom. The Morgan fingerprint density at radius 1 is 1.10 bits per heavy atom. The van der Waals surface area contributed by atoms with Gasteiger partial charge in [-0.1, -0.05) is 29.3 Å². The molecule has 0 radical (unpaired) electrons. The van der Waals surface area contributed by atoms with E-state index in [1.165, 1.54) is 0 Å². The van der Waals surface area contributed by atoms with E-state index in [9.17, 15) is 0 Å². The Balaban J connectivity index is 2.17. The molecule has 5 nitrogen and oxygen atoms in total. The van der Waals surface area contributed by atoms with Crippen LogP contribution in [0.25, 0.3) is 17.1 Å². The minimum absolute atomic E-state index is 0.478. The third kappa shape index (κ3) is 2.57. The number of nitrogens with two attached hydrogens (primary N) is 1. The van der Waals surface area contributed by atoms with Gasteiger partial charge in [0.1, 0.15) is 0 Å². The van der Waals surface area contributed by atoms with Crippen LogP contribution in [0.3, 0.4) is 0 Å². The first-order chi connectivity index (χ1) is 10.1. The molecule has 1 heterocycles. The standard InChI is InChI=1S/C14H11Cl2N5/c1-8-2-4-10(15)7-13(8)21-14(18-19-20-21)9-3-5-11(16)12(17)6-9/h2-7H,17H2,1H3. The van der Waals surface area contributed by atoms with Crippen LogP contribution < -0.4 is 5.73 Å². The topological polar surface area (TPSA) is 69.6 Å². The van der Waals surface area contributed by atoms with Gasteiger partial charge in [0.2, 0.25) is 0 Å². The van der Waals surface area contributed by atoms with Crippen LogP contribution in [0.1, 0.15) is 5.56 Å². The number of tetrazole rings is 1. The fraction of sp³-hybridized carbons (Fsp3) is 0.0714. The minimum Gasteiger partial charge on any atom is -0.398 e. The maximum atomic E-state index is 6.06. The summed E-state index contributed by atoms with van der Waals surface area (Å²) in [7, 11) is 0. The van der Waals surface area contributed by atoms with E-state index in [4.69, 9.17) is 28.9 Å². The van der Waals surface area contributed by atoms with Crippen molar-refractivity contribution in [1.82, 2.24) is 20.2 Å². The average Bonchev–Trinajstić information content (AvgIpc) is 2.93. The first kappa shape index (κ1) is 13.9. The predicted molar refractivity (Wildman–Crippen MR) is 83.8 cm³/mol. The monoisotopic (exact) mass is 319 g/mol. The van der Waals surface area contributed by atoms with Crippen LogP contribution in [0.2, 0.25) is 10.0 Å². The Kier molecular flexibility index (Phi) is 3.53. The molecule has 0 aliphatic rings. The average molecular weight is 320 g/mol. The van der Waals surface area contributed by atoms with Crippen LogP contribution in [-0.4, -0.2) is 20.2 Å². The molecule has 106 valence electrons. The second-order valence-electron chi connectivity index (χ2n) is 4.58. The maximum absolute atomic E-state index is 6.06. The molecule has 0 bridgehead atoms. The molecular weight excluding hydrogens is 309 g/mol. The van der Waals surface area contributed by atoms with E-state index in [1.54, 1.807) is 16.8 Å². The van der Waals surface area contributed by atoms with Crippen molar-refractivity contribution in [3.8, 4) is 17.1 Å². The summed E-state index contributed by atoms with van der Waals surface area (Å²) < 4.78 is 1.63. The normalized spacial score (nSPS) is 10.8. The highest BCUT2D eigenvalue weighted by atomic mass is 35.5. The van der Waals surface area contributed by atoms with E-state index in [2.05, 4.69) is 15.5 Å². The number of benzene rings is 2. The molecule has 1 aromatic heterocycles. The predicted octanol–water partition coefficient (Wildman–Crippen LogP) is 3.53. The molecule has 0 aliphatic heterocycles. The lowest BCUT2D eigenvalue weighted by molar-refractivity contribution is 0.787. The Bertz CT molecular complexity index is 813. The highest BCUT2D eigenvalue weighted by Gasteiger charge is 2.13. The van der Waals surface area contributed by atoms with E-state index in [1.807, 2.05) is 31.2 Å². The third-order valence-corrected chi connectivity index (χ3v) is 3.70. The highest BCUT2D eigenvalue weighted by molar-refractivity contribution is 6.33. The number of nitrogen functional groups attached to an aromatic ring is 1. The van der Waals surface area contributed by atoms with E-state index >= 15 is 0 Å². The quantitative estimate of drug-likeness (QED) is 0.733. The molecule has 0 unspecified atom stereocenters. The van der Waals surface area contributed by atoms with Crippen LogP contribution in [0.5, 0.6) is 0 Å². The Hall–Kier alpha value is -2.11. The summed E-state index contributed by atoms with van der Waals surface area (Å²) in [5.74, 6) is 0.573. The van der Waals surface area contributed by atoms with Gasteiger partial charge in [-0.2, -0.15) is 4.68 Å². The van der Waals surface area contributed by atoms with Crippen LogP contribution in [0, 0.1) is 6.92 Å². The van der Waals surface area contributed by atoms with Crippen LogP contribution in [-0.2, 0) is 0 Å². The van der Waals surface area contributed by atoms with Gasteiger partial charge in [-0.3, -0.25) is 0 Å². The molecular formula is C14H11Cl2N5. The molecule has 0 saturated carbocycles. The minimum atomic E-state index is 0.478. The summed E-state index contributed by atoms with van der Waals surface area (Å²) in [5, 5.41) is 13.0. The van der Waals surface area contributed by atoms with Gasteiger partial charge in [-0.15, -0.1) is 5.10 Å². The molecule has 2 N–H and O–H groups in total. The SMILES string of the molecule is Cc1ccc(Cl)cc1-n1nnnc1-c1ccc(Cl)c(N)c1. The lowest BCUT2D eigenvalue weighted by Crippen LogP contribution is -2.02. The fourth-order valence-corrected chi connectivity index (χ4v) is 2.31. The second kappa shape index (κ2) is 5.35. The summed E-state index contributed by atoms with van der Waals surface area (Å²) in [4.78, 5) is 0. The van der Waals surface area contributed by atoms with Crippen molar-refractivity contribution in [1.29, 1.82) is 0 Å². The van der Waals surface area contributed by atoms with Crippen molar-refractivity contribution in [3.63, 3.8) is 0 Å². The number of anilines is 1. The molecule has 0 atom stereocenters. The zero-order chi connectivity index (χ0) is 15.0. The van der Waals surface area contributed by atoms with Crippen molar-refractivity contribution in [2.45, 2.75) is 6.92 Å². The van der Waals surface area contributed by atoms with Gasteiger partial charge in [0.25, 0.3) is 0 Å². The van der Waals surface area contributed by atoms with Crippen molar-refractivity contribution >= 4 is 28.9 Å². The van der Waals surface area contributed by atoms with Crippen molar-refractivity contribution in [2.24, 2.45) is 0 Å². The van der Waals surface area contributed by atoms with Crippen molar-refractivity contribution in [3.05, 3.63) is 52.0 Å². The van der Waals surface area contributed by atoms with Crippen LogP contribution in [0.15, 0.2) is 36.4 Å². The van der Waals surface area contributed by atoms with Crippen LogP contribution >= 0.6 is 23.2 Å². The van der Waals surface area contributed by atoms with Gasteiger partial charge >= 0.3 is 0 Å². The molecule has 0 spiro atoms. The molecule has 0 amide bonds. The van der Waals surface area contributed by atoms with E-state index in [-0.39, 0.29) is 0 Å². The number of halogens is 2. The molecule has 0 saturated heterocycles. The highest BCUT2D eigenvalue weighted by Crippen LogP contribution is 2.28. The van der Waals surface area contributed by atoms with Gasteiger partial charge in [-0.05, 0) is 53.2 Å². The Morgan fingerprint density at radius 3 is 2.67 bits per heavy atom. The number of hydrogen-bond donors (Lipinski definition) is 1. The van der Waals surface area contributed by atoms with Crippen molar-refractivity contribution < 1.29 is 0 Å². The van der Waals surface area contributed by atoms with E-state index in [0.29, 0.717) is 21.6 Å². The summed E-state index contributed by atoms with van der Waals surface area (Å²) >= 11 is 12.0. The zero-order valence-electron chi connectivity index (χ0n) is 11.1. The first-order valence-corrected chi connectivity index (χ1v) is 6.92. The van der Waals surface area contributed by atoms with Crippen molar-refractivity contribution in [2.75, 3.05) is 5.73 Å². The zero-order valence-corrected chi connectivity index (χ0v) is 12.6. The summed E-state index contributed by atoms with van der Waals surface area (Å²) in [6.45, 7) is 1.97. The maximum Gasteiger partial charge on any atom is 0.187 e. The molecule has 21 heavy (non-hydrogen) atoms. The van der Waals surface area contributed by atoms with E-state index < -0.39 is 0 Å². The molecule has 2 aromatic carbocycles. The summed E-state index contributed by atoms with van der Waals surface area (Å²) in [5.41, 5.74) is 8.92. The fourth-order valence-electron chi connectivity index (χ4n) is 2.02. The summed E-state index contributed by atoms with van der Waals surface area (Å²) in [6.07, 6.45) is 0. The van der Waals surface area contributed by atoms with Gasteiger partial charge in [0, 0.05) is 10.6 Å². The number of rotatable bonds is 2.